The maximum atomic E-state index is 5.40. The quantitative estimate of drug-likeness (QED) is 0.297. The largest absolute Gasteiger partial charge is 0.383 e. The van der Waals surface area contributed by atoms with E-state index in [0.29, 0.717) is 6.04 Å². The first kappa shape index (κ1) is 21.3. The molecule has 6 rings (SSSR count). The number of methoxy groups -OCH3 is 1. The summed E-state index contributed by atoms with van der Waals surface area (Å²) in [4.78, 5) is 16.0. The lowest BCUT2D eigenvalue weighted by atomic mass is 10.1. The summed E-state index contributed by atoms with van der Waals surface area (Å²) in [7, 11) is 1.79. The highest BCUT2D eigenvalue weighted by Gasteiger charge is 2.24. The van der Waals surface area contributed by atoms with Crippen LogP contribution in [0.1, 0.15) is 18.4 Å². The number of hydrogen-bond donors (Lipinski definition) is 2. The van der Waals surface area contributed by atoms with Crippen LogP contribution < -0.4 is 5.32 Å². The average molecular weight is 470 g/mol. The molecule has 0 radical (unpaired) electrons. The van der Waals surface area contributed by atoms with Crippen molar-refractivity contribution in [3.05, 3.63) is 72.7 Å². The molecule has 34 heavy (non-hydrogen) atoms. The van der Waals surface area contributed by atoms with Crippen LogP contribution >= 0.6 is 11.3 Å². The van der Waals surface area contributed by atoms with E-state index in [0.717, 1.165) is 46.9 Å². The van der Waals surface area contributed by atoms with Gasteiger partial charge in [0.1, 0.15) is 6.33 Å². The number of thiophene rings is 1. The number of likely N-dealkylation sites (tertiary alicyclic amines) is 1. The van der Waals surface area contributed by atoms with Crippen LogP contribution in [0, 0.1) is 0 Å². The molecule has 4 heterocycles. The number of H-pyrrole nitrogens is 1. The predicted molar refractivity (Wildman–Crippen MR) is 140 cm³/mol. The molecule has 1 unspecified atom stereocenters. The van der Waals surface area contributed by atoms with Gasteiger partial charge in [0.2, 0.25) is 0 Å². The molecule has 1 saturated heterocycles. The Kier molecular flexibility index (Phi) is 5.74. The van der Waals surface area contributed by atoms with E-state index in [2.05, 4.69) is 79.8 Å². The highest BCUT2D eigenvalue weighted by atomic mass is 32.1. The van der Waals surface area contributed by atoms with Gasteiger partial charge < -0.3 is 15.0 Å². The van der Waals surface area contributed by atoms with Gasteiger partial charge in [0.05, 0.1) is 16.8 Å². The van der Waals surface area contributed by atoms with Crippen LogP contribution in [0.15, 0.2) is 67.1 Å². The number of nitrogens with zero attached hydrogens (tertiary/aromatic N) is 3. The van der Waals surface area contributed by atoms with E-state index in [-0.39, 0.29) is 0 Å². The van der Waals surface area contributed by atoms with Crippen LogP contribution in [0.5, 0.6) is 0 Å². The van der Waals surface area contributed by atoms with Gasteiger partial charge in [0.15, 0.2) is 5.82 Å². The minimum absolute atomic E-state index is 0.537. The number of hydrogen-bond acceptors (Lipinski definition) is 6. The summed E-state index contributed by atoms with van der Waals surface area (Å²) in [6.07, 6.45) is 6.07. The van der Waals surface area contributed by atoms with Crippen LogP contribution in [-0.2, 0) is 11.3 Å². The SMILES string of the molecule is COCC1CCCN1Cc1ccc(-c2cc3ncnc(Nc4ccc5[nH]ccc5c4)c3s2)cc1. The molecule has 0 spiro atoms. The highest BCUT2D eigenvalue weighted by Crippen LogP contribution is 2.37. The number of ether oxygens (including phenoxy) is 1. The standard InChI is InChI=1S/C27H27N5OS/c1-33-16-22-3-2-12-32(22)15-18-4-6-19(7-5-18)25-14-24-26(34-25)27(30-17-29-24)31-21-8-9-23-20(13-21)10-11-28-23/h4-11,13-14,17,22,28H,2-3,12,15-16H2,1H3,(H,29,30,31). The van der Waals surface area contributed by atoms with Gasteiger partial charge in [0.25, 0.3) is 0 Å². The molecule has 0 bridgehead atoms. The Hall–Kier alpha value is -3.26. The lowest BCUT2D eigenvalue weighted by molar-refractivity contribution is 0.112. The predicted octanol–water partition coefficient (Wildman–Crippen LogP) is 6.19. The summed E-state index contributed by atoms with van der Waals surface area (Å²) in [5.41, 5.74) is 5.65. The van der Waals surface area contributed by atoms with Gasteiger partial charge in [0, 0.05) is 47.4 Å². The number of benzene rings is 2. The average Bonchev–Trinajstić information content (AvgIpc) is 3.60. The van der Waals surface area contributed by atoms with Crippen molar-refractivity contribution in [1.82, 2.24) is 19.9 Å². The van der Waals surface area contributed by atoms with Crippen LogP contribution in [0.4, 0.5) is 11.5 Å². The van der Waals surface area contributed by atoms with Gasteiger partial charge in [-0.2, -0.15) is 0 Å². The van der Waals surface area contributed by atoms with E-state index in [1.165, 1.54) is 34.2 Å². The van der Waals surface area contributed by atoms with Crippen molar-refractivity contribution in [3.8, 4) is 10.4 Å². The molecule has 1 fully saturated rings. The summed E-state index contributed by atoms with van der Waals surface area (Å²) in [5, 5.41) is 4.66. The van der Waals surface area contributed by atoms with E-state index in [9.17, 15) is 0 Å². The van der Waals surface area contributed by atoms with Crippen LogP contribution in [0.3, 0.4) is 0 Å². The van der Waals surface area contributed by atoms with Crippen molar-refractivity contribution in [2.24, 2.45) is 0 Å². The summed E-state index contributed by atoms with van der Waals surface area (Å²) in [5.74, 6) is 0.839. The van der Waals surface area contributed by atoms with Crippen molar-refractivity contribution in [1.29, 1.82) is 0 Å². The third kappa shape index (κ3) is 4.18. The van der Waals surface area contributed by atoms with E-state index in [1.807, 2.05) is 6.20 Å². The van der Waals surface area contributed by atoms with E-state index < -0.39 is 0 Å². The number of anilines is 2. The first-order chi connectivity index (χ1) is 16.8. The fourth-order valence-corrected chi connectivity index (χ4v) is 5.91. The molecule has 1 aliphatic heterocycles. The van der Waals surface area contributed by atoms with E-state index in [4.69, 9.17) is 4.74 Å². The van der Waals surface area contributed by atoms with Gasteiger partial charge in [-0.3, -0.25) is 4.90 Å². The summed E-state index contributed by atoms with van der Waals surface area (Å²) in [6, 6.07) is 20.0. The van der Waals surface area contributed by atoms with Crippen molar-refractivity contribution in [2.45, 2.75) is 25.4 Å². The second-order valence-corrected chi connectivity index (χ2v) is 9.92. The molecule has 1 atom stereocenters. The van der Waals surface area contributed by atoms with E-state index in [1.54, 1.807) is 24.8 Å². The molecular formula is C27H27N5OS. The Morgan fingerprint density at radius 1 is 1.12 bits per heavy atom. The summed E-state index contributed by atoms with van der Waals surface area (Å²) < 4.78 is 6.47. The molecule has 6 nitrogen and oxygen atoms in total. The molecule has 0 saturated carbocycles. The van der Waals surface area contributed by atoms with Crippen molar-refractivity contribution in [2.75, 3.05) is 25.6 Å². The third-order valence-corrected chi connectivity index (χ3v) is 7.79. The Labute approximate surface area is 202 Å². The molecule has 2 N–H and O–H groups in total. The van der Waals surface area contributed by atoms with Gasteiger partial charge in [-0.15, -0.1) is 11.3 Å². The molecule has 3 aromatic heterocycles. The Bertz CT molecular complexity index is 1420. The third-order valence-electron chi connectivity index (χ3n) is 6.61. The van der Waals surface area contributed by atoms with Gasteiger partial charge in [-0.05, 0) is 60.8 Å². The Morgan fingerprint density at radius 3 is 2.91 bits per heavy atom. The highest BCUT2D eigenvalue weighted by molar-refractivity contribution is 7.22. The summed E-state index contributed by atoms with van der Waals surface area (Å²) in [6.45, 7) is 2.94. The monoisotopic (exact) mass is 469 g/mol. The van der Waals surface area contributed by atoms with Gasteiger partial charge in [-0.25, -0.2) is 9.97 Å². The number of fused-ring (bicyclic) bond motifs is 2. The molecule has 172 valence electrons. The minimum Gasteiger partial charge on any atom is -0.383 e. The van der Waals surface area contributed by atoms with Crippen LogP contribution in [0.25, 0.3) is 31.6 Å². The molecular weight excluding hydrogens is 442 g/mol. The normalized spacial score (nSPS) is 16.6. The van der Waals surface area contributed by atoms with Gasteiger partial charge >= 0.3 is 0 Å². The molecule has 0 aliphatic carbocycles. The first-order valence-electron chi connectivity index (χ1n) is 11.7. The Balaban J connectivity index is 1.23. The second-order valence-electron chi connectivity index (χ2n) is 8.87. The topological polar surface area (TPSA) is 66.1 Å². The van der Waals surface area contributed by atoms with Crippen molar-refractivity contribution in [3.63, 3.8) is 0 Å². The number of aromatic nitrogens is 3. The first-order valence-corrected chi connectivity index (χ1v) is 12.5. The van der Waals surface area contributed by atoms with Crippen molar-refractivity contribution >= 4 is 44.0 Å². The Morgan fingerprint density at radius 2 is 2.03 bits per heavy atom. The number of rotatable bonds is 7. The summed E-state index contributed by atoms with van der Waals surface area (Å²) >= 11 is 1.73. The van der Waals surface area contributed by atoms with Gasteiger partial charge in [-0.1, -0.05) is 24.3 Å². The fourth-order valence-electron chi connectivity index (χ4n) is 4.85. The fraction of sp³-hybridized carbons (Fsp3) is 0.259. The minimum atomic E-state index is 0.537. The maximum Gasteiger partial charge on any atom is 0.151 e. The lowest BCUT2D eigenvalue weighted by Gasteiger charge is -2.23. The van der Waals surface area contributed by atoms with E-state index >= 15 is 0 Å². The lowest BCUT2D eigenvalue weighted by Crippen LogP contribution is -2.32. The van der Waals surface area contributed by atoms with Crippen LogP contribution in [0.2, 0.25) is 0 Å². The molecule has 1 aliphatic rings. The molecule has 2 aromatic carbocycles. The smallest absolute Gasteiger partial charge is 0.151 e. The maximum absolute atomic E-state index is 5.40. The molecule has 7 heteroatoms. The number of aromatic amines is 1. The zero-order valence-electron chi connectivity index (χ0n) is 19.1. The zero-order chi connectivity index (χ0) is 22.9. The number of nitrogens with one attached hydrogen (secondary N) is 2. The second kappa shape index (κ2) is 9.18. The molecule has 5 aromatic rings. The zero-order valence-corrected chi connectivity index (χ0v) is 19.9. The van der Waals surface area contributed by atoms with Crippen molar-refractivity contribution < 1.29 is 4.74 Å². The van der Waals surface area contributed by atoms with Crippen LogP contribution in [-0.4, -0.2) is 46.2 Å². The molecule has 0 amide bonds.